The molecular weight excluding hydrogens is 1240 g/mol. The first-order chi connectivity index (χ1) is 47.5. The van der Waals surface area contributed by atoms with E-state index in [9.17, 15) is 0 Å². The Labute approximate surface area is 568 Å². The Morgan fingerprint density at radius 2 is 0.458 bits per heavy atom. The summed E-state index contributed by atoms with van der Waals surface area (Å²) in [6.45, 7) is 9.99. The normalized spacial score (nSPS) is 18.2. The Balaban J connectivity index is 0.000000119. The fourth-order valence-corrected chi connectivity index (χ4v) is 20.1. The third-order valence-electron chi connectivity index (χ3n) is 17.0. The molecule has 0 saturated carbocycles. The summed E-state index contributed by atoms with van der Waals surface area (Å²) in [5, 5.41) is 3.82. The minimum Gasteiger partial charge on any atom is -0.473 e. The average molecular weight is 1320 g/mol. The lowest BCUT2D eigenvalue weighted by atomic mass is 10.0. The maximum absolute atomic E-state index is 6.77. The van der Waals surface area contributed by atoms with Gasteiger partial charge in [0.05, 0.1) is 0 Å². The van der Waals surface area contributed by atoms with Gasteiger partial charge < -0.3 is 42.5 Å². The maximum Gasteiger partial charge on any atom is 0.162 e. The molecule has 0 aromatic heterocycles. The van der Waals surface area contributed by atoms with Crippen LogP contribution >= 0.6 is 24.4 Å². The average Bonchev–Trinajstić information content (AvgIpc) is 0.759. The molecule has 0 spiro atoms. The standard InChI is InChI=1S/3C26H20NO2P.2C3H8/c3*1-2-10-19(11-3-1)27-18-28-23-15-7-5-14-22(23)26(27)30-25-17-9-6-13-21(25)20-12-4-8-16-24(20)29-30;2*1-3-2/h3*1-17,26H,18H2;2*3H2,1-2H3. The fraction of sp³-hybridized carbons (Fsp3) is 0.143. The molecule has 6 aliphatic rings. The number of hydrogen-bond donors (Lipinski definition) is 0. The summed E-state index contributed by atoms with van der Waals surface area (Å²) in [5.74, 6) is 5.87. The molecule has 478 valence electrons. The lowest BCUT2D eigenvalue weighted by Gasteiger charge is -2.43. The van der Waals surface area contributed by atoms with Gasteiger partial charge in [-0.3, -0.25) is 0 Å². The van der Waals surface area contributed by atoms with Gasteiger partial charge >= 0.3 is 0 Å². The van der Waals surface area contributed by atoms with Gasteiger partial charge in [0.25, 0.3) is 0 Å². The van der Waals surface area contributed by atoms with Gasteiger partial charge in [0.2, 0.25) is 0 Å². The first-order valence-corrected chi connectivity index (χ1v) is 37.1. The van der Waals surface area contributed by atoms with E-state index in [1.807, 2.05) is 54.6 Å². The Morgan fingerprint density at radius 1 is 0.250 bits per heavy atom. The maximum atomic E-state index is 6.77. The molecule has 96 heavy (non-hydrogen) atoms. The first kappa shape index (κ1) is 63.5. The van der Waals surface area contributed by atoms with Crippen LogP contribution in [0.2, 0.25) is 0 Å². The molecule has 18 rings (SSSR count). The van der Waals surface area contributed by atoms with Crippen LogP contribution < -0.4 is 58.4 Å². The molecule has 9 nitrogen and oxygen atoms in total. The molecule has 12 aromatic rings. The Morgan fingerprint density at radius 3 is 0.729 bits per heavy atom. The highest BCUT2D eigenvalue weighted by Crippen LogP contribution is 2.64. The number of anilines is 3. The van der Waals surface area contributed by atoms with Crippen molar-refractivity contribution in [3.05, 3.63) is 326 Å². The van der Waals surface area contributed by atoms with E-state index in [4.69, 9.17) is 27.8 Å². The van der Waals surface area contributed by atoms with Crippen molar-refractivity contribution in [2.75, 3.05) is 34.9 Å². The van der Waals surface area contributed by atoms with Crippen molar-refractivity contribution < 1.29 is 27.8 Å². The minimum atomic E-state index is -0.996. The quantitative estimate of drug-likeness (QED) is 0.152. The predicted molar refractivity (Wildman–Crippen MR) is 400 cm³/mol. The smallest absolute Gasteiger partial charge is 0.162 e. The molecule has 6 unspecified atom stereocenters. The molecule has 0 fully saturated rings. The molecule has 0 N–H and O–H groups in total. The van der Waals surface area contributed by atoms with Crippen LogP contribution in [0, 0.1) is 0 Å². The second-order valence-electron chi connectivity index (χ2n) is 23.7. The zero-order valence-electron chi connectivity index (χ0n) is 54.3. The summed E-state index contributed by atoms with van der Waals surface area (Å²) in [7, 11) is -2.99. The Hall–Kier alpha value is -9.87. The molecule has 0 amide bonds. The summed E-state index contributed by atoms with van der Waals surface area (Å²) < 4.78 is 38.8. The van der Waals surface area contributed by atoms with Gasteiger partial charge in [0.1, 0.15) is 76.3 Å². The number of rotatable bonds is 6. The van der Waals surface area contributed by atoms with Crippen molar-refractivity contribution in [2.24, 2.45) is 0 Å². The summed E-state index contributed by atoms with van der Waals surface area (Å²) in [6.07, 6.45) is 2.50. The second-order valence-corrected chi connectivity index (χ2v) is 29.1. The van der Waals surface area contributed by atoms with E-state index in [0.717, 1.165) is 51.6 Å². The van der Waals surface area contributed by atoms with E-state index in [2.05, 4.69) is 297 Å². The summed E-state index contributed by atoms with van der Waals surface area (Å²) in [4.78, 5) is 7.00. The van der Waals surface area contributed by atoms with E-state index in [1.165, 1.54) is 78.8 Å². The summed E-state index contributed by atoms with van der Waals surface area (Å²) in [5.41, 5.74) is 14.2. The molecule has 0 aliphatic carbocycles. The van der Waals surface area contributed by atoms with E-state index >= 15 is 0 Å². The van der Waals surface area contributed by atoms with Crippen LogP contribution in [0.5, 0.6) is 34.5 Å². The Bertz CT molecular complexity index is 4130. The highest BCUT2D eigenvalue weighted by Gasteiger charge is 2.45. The molecule has 6 aliphatic heterocycles. The van der Waals surface area contributed by atoms with Crippen LogP contribution in [0.1, 0.15) is 74.6 Å². The molecule has 0 radical (unpaired) electrons. The summed E-state index contributed by atoms with van der Waals surface area (Å²) in [6, 6.07) is 108. The van der Waals surface area contributed by atoms with E-state index in [-0.39, 0.29) is 17.3 Å². The molecule has 6 atom stereocenters. The van der Waals surface area contributed by atoms with Crippen LogP contribution in [-0.2, 0) is 0 Å². The van der Waals surface area contributed by atoms with Crippen LogP contribution in [-0.4, -0.2) is 20.2 Å². The largest absolute Gasteiger partial charge is 0.473 e. The van der Waals surface area contributed by atoms with Gasteiger partial charge in [-0.05, 0) is 89.5 Å². The first-order valence-electron chi connectivity index (χ1n) is 33.1. The van der Waals surface area contributed by atoms with Gasteiger partial charge in [-0.2, -0.15) is 0 Å². The zero-order valence-corrected chi connectivity index (χ0v) is 57.0. The van der Waals surface area contributed by atoms with Gasteiger partial charge in [-0.15, -0.1) is 0 Å². The predicted octanol–water partition coefficient (Wildman–Crippen LogP) is 21.8. The van der Waals surface area contributed by atoms with Crippen LogP contribution in [0.4, 0.5) is 17.1 Å². The van der Waals surface area contributed by atoms with Crippen molar-refractivity contribution in [2.45, 2.75) is 57.9 Å². The lowest BCUT2D eigenvalue weighted by molar-refractivity contribution is 0.284. The minimum absolute atomic E-state index is 0.0573. The van der Waals surface area contributed by atoms with E-state index < -0.39 is 24.4 Å². The van der Waals surface area contributed by atoms with Gasteiger partial charge in [-0.1, -0.05) is 277 Å². The molecule has 0 saturated heterocycles. The molecule has 6 heterocycles. The highest BCUT2D eigenvalue weighted by molar-refractivity contribution is 7.63. The molecular formula is C84H76N3O6P3. The van der Waals surface area contributed by atoms with Crippen molar-refractivity contribution in [1.29, 1.82) is 0 Å². The lowest BCUT2D eigenvalue weighted by Crippen LogP contribution is -2.38. The monoisotopic (exact) mass is 1320 g/mol. The SMILES string of the molecule is CCC.CCC.c1ccc(N2COc3ccccc3C2P2Oc3ccccc3-c3ccccc32)cc1.c1ccc(N2COc3ccccc3C2P2Oc3ccccc3-c3ccccc32)cc1.c1ccc(N2COc3ccccc3C2P2Oc3ccccc3-c3ccccc32)cc1. The number of nitrogens with zero attached hydrogens (tertiary/aromatic N) is 3. The van der Waals surface area contributed by atoms with Gasteiger partial charge in [-0.25, -0.2) is 0 Å². The third kappa shape index (κ3) is 12.9. The second kappa shape index (κ2) is 29.8. The van der Waals surface area contributed by atoms with Crippen molar-refractivity contribution >= 4 is 57.4 Å². The van der Waals surface area contributed by atoms with Crippen molar-refractivity contribution in [3.8, 4) is 67.9 Å². The number of fused-ring (bicyclic) bond motifs is 12. The Kier molecular flexibility index (Phi) is 19.7. The number of para-hydroxylation sites is 9. The van der Waals surface area contributed by atoms with Gasteiger partial charge in [0.15, 0.2) is 20.2 Å². The third-order valence-corrected chi connectivity index (χ3v) is 23.8. The highest BCUT2D eigenvalue weighted by atomic mass is 31.1. The summed E-state index contributed by atoms with van der Waals surface area (Å²) >= 11 is 0. The van der Waals surface area contributed by atoms with Crippen molar-refractivity contribution in [1.82, 2.24) is 0 Å². The van der Waals surface area contributed by atoms with Gasteiger partial charge in [0, 0.05) is 66.4 Å². The van der Waals surface area contributed by atoms with Crippen LogP contribution in [0.15, 0.2) is 309 Å². The molecule has 0 bridgehead atoms. The molecule has 12 heteroatoms. The van der Waals surface area contributed by atoms with E-state index in [0.29, 0.717) is 20.2 Å². The number of benzene rings is 12. The molecule has 12 aromatic carbocycles. The van der Waals surface area contributed by atoms with Crippen LogP contribution in [0.3, 0.4) is 0 Å². The van der Waals surface area contributed by atoms with E-state index in [1.54, 1.807) is 0 Å². The fourth-order valence-electron chi connectivity index (χ4n) is 12.9. The van der Waals surface area contributed by atoms with Crippen molar-refractivity contribution in [3.63, 3.8) is 0 Å². The number of ether oxygens (including phenoxy) is 3. The topological polar surface area (TPSA) is 65.1 Å². The zero-order chi connectivity index (χ0) is 65.2. The van der Waals surface area contributed by atoms with Crippen LogP contribution in [0.25, 0.3) is 33.4 Å². The number of hydrogen-bond acceptors (Lipinski definition) is 9.